The van der Waals surface area contributed by atoms with E-state index < -0.39 is 5.60 Å². The van der Waals surface area contributed by atoms with Crippen LogP contribution >= 0.6 is 0 Å². The summed E-state index contributed by atoms with van der Waals surface area (Å²) in [6.07, 6.45) is 4.26. The van der Waals surface area contributed by atoms with Crippen molar-refractivity contribution < 1.29 is 19.4 Å². The lowest BCUT2D eigenvalue weighted by Gasteiger charge is -2.50. The second-order valence-electron chi connectivity index (χ2n) is 7.71. The van der Waals surface area contributed by atoms with Gasteiger partial charge in [0.1, 0.15) is 18.0 Å². The van der Waals surface area contributed by atoms with E-state index in [1.54, 1.807) is 24.3 Å². The van der Waals surface area contributed by atoms with Crippen molar-refractivity contribution in [2.75, 3.05) is 26.2 Å². The van der Waals surface area contributed by atoms with Crippen molar-refractivity contribution in [3.05, 3.63) is 42.0 Å². The normalized spacial score (nSPS) is 26.4. The number of carbonyl (C=O) groups excluding carboxylic acids is 1. The quantitative estimate of drug-likeness (QED) is 0.454. The van der Waals surface area contributed by atoms with Crippen molar-refractivity contribution in [2.45, 2.75) is 44.8 Å². The molecule has 1 atom stereocenters. The highest BCUT2D eigenvalue weighted by atomic mass is 16.5. The number of nitrogens with zero attached hydrogens (tertiary/aromatic N) is 1. The third-order valence-corrected chi connectivity index (χ3v) is 5.33. The smallest absolute Gasteiger partial charge is 0.338 e. The lowest BCUT2D eigenvalue weighted by atomic mass is 9.76. The molecule has 0 aliphatic carbocycles. The van der Waals surface area contributed by atoms with Gasteiger partial charge >= 0.3 is 5.97 Å². The SMILES string of the molecule is C=CCc1cc(C(=O)OC(C)C)ccc1OCC1(O)CN2CCC1CC2.[B]. The van der Waals surface area contributed by atoms with Crippen LogP contribution < -0.4 is 4.74 Å². The molecular formula is C21H29BNO4. The van der Waals surface area contributed by atoms with E-state index in [-0.39, 0.29) is 27.1 Å². The molecule has 6 heteroatoms. The predicted molar refractivity (Wildman–Crippen MR) is 106 cm³/mol. The number of esters is 1. The van der Waals surface area contributed by atoms with Gasteiger partial charge in [-0.3, -0.25) is 0 Å². The summed E-state index contributed by atoms with van der Waals surface area (Å²) in [6.45, 7) is 10.5. The molecule has 3 aliphatic rings. The van der Waals surface area contributed by atoms with E-state index in [1.165, 1.54) is 0 Å². The summed E-state index contributed by atoms with van der Waals surface area (Å²) in [5, 5.41) is 11.0. The summed E-state index contributed by atoms with van der Waals surface area (Å²) < 4.78 is 11.3. The number of hydrogen-bond donors (Lipinski definition) is 1. The maximum absolute atomic E-state index is 12.1. The Balaban J connectivity index is 0.00000261. The fourth-order valence-corrected chi connectivity index (χ4v) is 3.96. The summed E-state index contributed by atoms with van der Waals surface area (Å²) in [5.41, 5.74) is 0.588. The molecule has 145 valence electrons. The molecule has 1 unspecified atom stereocenters. The summed E-state index contributed by atoms with van der Waals surface area (Å²) >= 11 is 0. The molecule has 2 bridgehead atoms. The van der Waals surface area contributed by atoms with Gasteiger partial charge in [-0.25, -0.2) is 4.79 Å². The number of fused-ring (bicyclic) bond motifs is 3. The van der Waals surface area contributed by atoms with Crippen LogP contribution in [0.25, 0.3) is 0 Å². The van der Waals surface area contributed by atoms with Crippen LogP contribution in [0.3, 0.4) is 0 Å². The van der Waals surface area contributed by atoms with Gasteiger partial charge in [0.2, 0.25) is 0 Å². The molecule has 0 amide bonds. The van der Waals surface area contributed by atoms with Crippen molar-refractivity contribution in [1.29, 1.82) is 0 Å². The number of piperidine rings is 3. The molecule has 3 saturated heterocycles. The average molecular weight is 370 g/mol. The van der Waals surface area contributed by atoms with Crippen LogP contribution in [0.2, 0.25) is 0 Å². The molecule has 5 nitrogen and oxygen atoms in total. The third kappa shape index (κ3) is 4.93. The first kappa shape index (κ1) is 21.5. The fourth-order valence-electron chi connectivity index (χ4n) is 3.96. The number of carbonyl (C=O) groups is 1. The van der Waals surface area contributed by atoms with Crippen LogP contribution in [0, 0.1) is 5.92 Å². The van der Waals surface area contributed by atoms with Crippen molar-refractivity contribution >= 4 is 14.4 Å². The van der Waals surface area contributed by atoms with Crippen molar-refractivity contribution in [2.24, 2.45) is 5.92 Å². The second-order valence-corrected chi connectivity index (χ2v) is 7.71. The zero-order chi connectivity index (χ0) is 18.7. The van der Waals surface area contributed by atoms with E-state index >= 15 is 0 Å². The molecule has 27 heavy (non-hydrogen) atoms. The zero-order valence-electron chi connectivity index (χ0n) is 16.3. The van der Waals surface area contributed by atoms with Gasteiger partial charge in [-0.1, -0.05) is 6.08 Å². The van der Waals surface area contributed by atoms with Crippen molar-refractivity contribution in [3.8, 4) is 5.75 Å². The minimum absolute atomic E-state index is 0. The zero-order valence-corrected chi connectivity index (χ0v) is 16.3. The van der Waals surface area contributed by atoms with Crippen LogP contribution in [-0.2, 0) is 11.2 Å². The number of rotatable bonds is 7. The topological polar surface area (TPSA) is 59.0 Å². The maximum atomic E-state index is 12.1. The molecule has 3 radical (unpaired) electrons. The highest BCUT2D eigenvalue weighted by molar-refractivity contribution is 5.90. The van der Waals surface area contributed by atoms with Crippen molar-refractivity contribution in [1.82, 2.24) is 4.90 Å². The molecule has 1 N–H and O–H groups in total. The molecule has 3 aliphatic heterocycles. The lowest BCUT2D eigenvalue weighted by molar-refractivity contribution is -0.131. The van der Waals surface area contributed by atoms with Gasteiger partial charge in [-0.15, -0.1) is 6.58 Å². The summed E-state index contributed by atoms with van der Waals surface area (Å²) in [7, 11) is 0. The first-order valence-electron chi connectivity index (χ1n) is 9.43. The Morgan fingerprint density at radius 3 is 2.67 bits per heavy atom. The highest BCUT2D eigenvalue weighted by Gasteiger charge is 2.46. The third-order valence-electron chi connectivity index (χ3n) is 5.33. The van der Waals surface area contributed by atoms with Gasteiger partial charge < -0.3 is 19.5 Å². The Morgan fingerprint density at radius 2 is 2.11 bits per heavy atom. The Bertz CT molecular complexity index is 670. The summed E-state index contributed by atoms with van der Waals surface area (Å²) in [4.78, 5) is 14.4. The minimum Gasteiger partial charge on any atom is -0.490 e. The van der Waals surface area contributed by atoms with Crippen LogP contribution in [0.4, 0.5) is 0 Å². The van der Waals surface area contributed by atoms with Gasteiger partial charge in [0, 0.05) is 15.0 Å². The Morgan fingerprint density at radius 1 is 1.41 bits per heavy atom. The van der Waals surface area contributed by atoms with Gasteiger partial charge in [0.15, 0.2) is 0 Å². The van der Waals surface area contributed by atoms with E-state index in [2.05, 4.69) is 11.5 Å². The van der Waals surface area contributed by atoms with Crippen LogP contribution in [0.15, 0.2) is 30.9 Å². The highest BCUT2D eigenvalue weighted by Crippen LogP contribution is 2.36. The van der Waals surface area contributed by atoms with Gasteiger partial charge in [-0.2, -0.15) is 0 Å². The van der Waals surface area contributed by atoms with E-state index in [1.807, 2.05) is 13.8 Å². The largest absolute Gasteiger partial charge is 0.490 e. The van der Waals surface area contributed by atoms with E-state index in [4.69, 9.17) is 9.47 Å². The average Bonchev–Trinajstić information content (AvgIpc) is 2.61. The van der Waals surface area contributed by atoms with Gasteiger partial charge in [0.05, 0.1) is 11.7 Å². The Kier molecular flexibility index (Phi) is 7.12. The van der Waals surface area contributed by atoms with E-state index in [0.717, 1.165) is 31.5 Å². The molecule has 3 fully saturated rings. The Hall–Kier alpha value is -1.79. The van der Waals surface area contributed by atoms with Crippen LogP contribution in [0.5, 0.6) is 5.75 Å². The van der Waals surface area contributed by atoms with Crippen LogP contribution in [0.1, 0.15) is 42.6 Å². The predicted octanol–water partition coefficient (Wildman–Crippen LogP) is 2.44. The first-order valence-corrected chi connectivity index (χ1v) is 9.43. The molecular weight excluding hydrogens is 341 g/mol. The first-order chi connectivity index (χ1) is 12.4. The number of ether oxygens (including phenoxy) is 2. The monoisotopic (exact) mass is 370 g/mol. The number of allylic oxidation sites excluding steroid dienone is 1. The standard InChI is InChI=1S/C21H29NO4.B/c1-4-5-16-12-17(20(23)26-15(2)3)6-7-19(16)25-14-21(24)13-22-10-8-18(21)9-11-22;/h4,6-7,12,15,18,24H,1,5,8-11,13-14H2,2-3H3;. The minimum atomic E-state index is -0.794. The second kappa shape index (κ2) is 8.94. The molecule has 4 rings (SSSR count). The molecule has 0 spiro atoms. The number of benzene rings is 1. The van der Waals surface area contributed by atoms with E-state index in [9.17, 15) is 9.90 Å². The number of hydrogen-bond acceptors (Lipinski definition) is 5. The van der Waals surface area contributed by atoms with Gasteiger partial charge in [-0.05, 0) is 75.9 Å². The van der Waals surface area contributed by atoms with Crippen LogP contribution in [-0.4, -0.2) is 62.3 Å². The Labute approximate surface area is 163 Å². The fraction of sp³-hybridized carbons (Fsp3) is 0.571. The summed E-state index contributed by atoms with van der Waals surface area (Å²) in [5.74, 6) is 0.652. The van der Waals surface area contributed by atoms with Gasteiger partial charge in [0.25, 0.3) is 0 Å². The van der Waals surface area contributed by atoms with Crippen molar-refractivity contribution in [3.63, 3.8) is 0 Å². The molecule has 0 saturated carbocycles. The van der Waals surface area contributed by atoms with E-state index in [0.29, 0.717) is 30.2 Å². The molecule has 1 aromatic carbocycles. The maximum Gasteiger partial charge on any atom is 0.338 e. The molecule has 0 aromatic heterocycles. The number of aliphatic hydroxyl groups is 1. The molecule has 1 aromatic rings. The molecule has 3 heterocycles. The summed E-state index contributed by atoms with van der Waals surface area (Å²) in [6, 6.07) is 5.30. The lowest BCUT2D eigenvalue weighted by Crippen LogP contribution is -2.61.